The summed E-state index contributed by atoms with van der Waals surface area (Å²) in [6.45, 7) is 10.2. The third-order valence-corrected chi connectivity index (χ3v) is 6.15. The molecule has 2 fully saturated rings. The molecule has 3 aromatic rings. The van der Waals surface area contributed by atoms with Gasteiger partial charge in [0.15, 0.2) is 0 Å². The predicted octanol–water partition coefficient (Wildman–Crippen LogP) is 5.10. The minimum Gasteiger partial charge on any atom is -0.381 e. The average Bonchev–Trinajstić information content (AvgIpc) is 3.43. The zero-order chi connectivity index (χ0) is 18.9. The van der Waals surface area contributed by atoms with Crippen LogP contribution in [-0.4, -0.2) is 29.7 Å². The molecular formula is C23H24N4O. The monoisotopic (exact) mass is 372 g/mol. The van der Waals surface area contributed by atoms with Gasteiger partial charge < -0.3 is 15.0 Å². The second-order valence-corrected chi connectivity index (χ2v) is 7.79. The molecule has 2 aliphatic heterocycles. The molecule has 0 spiro atoms. The van der Waals surface area contributed by atoms with E-state index in [9.17, 15) is 0 Å². The molecule has 1 unspecified atom stereocenters. The van der Waals surface area contributed by atoms with Crippen LogP contribution < -0.4 is 5.32 Å². The molecule has 5 rings (SSSR count). The smallest absolute Gasteiger partial charge is 0.213 e. The Balaban J connectivity index is 1.58. The first-order valence-electron chi connectivity index (χ1n) is 10.1. The molecular weight excluding hydrogens is 348 g/mol. The van der Waals surface area contributed by atoms with Crippen molar-refractivity contribution in [3.8, 4) is 11.1 Å². The number of H-pyrrole nitrogens is 1. The maximum absolute atomic E-state index is 7.37. The van der Waals surface area contributed by atoms with Crippen LogP contribution in [0.4, 0.5) is 5.69 Å². The highest BCUT2D eigenvalue weighted by atomic mass is 16.5. The summed E-state index contributed by atoms with van der Waals surface area (Å²) in [4.78, 5) is 11.2. The maximum atomic E-state index is 7.37. The first-order valence-corrected chi connectivity index (χ1v) is 10.1. The van der Waals surface area contributed by atoms with Crippen LogP contribution in [0.15, 0.2) is 36.7 Å². The van der Waals surface area contributed by atoms with E-state index < -0.39 is 0 Å². The third kappa shape index (κ3) is 3.09. The number of nitrogens with one attached hydrogen (secondary N) is 2. The number of aromatic amines is 1. The largest absolute Gasteiger partial charge is 0.381 e. The number of fused-ring (bicyclic) bond motifs is 1. The van der Waals surface area contributed by atoms with Crippen molar-refractivity contribution in [1.29, 1.82) is 0 Å². The molecule has 2 aliphatic rings. The molecule has 28 heavy (non-hydrogen) atoms. The number of rotatable bonds is 3. The van der Waals surface area contributed by atoms with Crippen molar-refractivity contribution < 1.29 is 4.74 Å². The zero-order valence-electron chi connectivity index (χ0n) is 15.9. The average molecular weight is 372 g/mol. The second-order valence-electron chi connectivity index (χ2n) is 7.79. The Morgan fingerprint density at radius 2 is 1.96 bits per heavy atom. The van der Waals surface area contributed by atoms with E-state index in [4.69, 9.17) is 11.3 Å². The fraction of sp³-hybridized carbons (Fsp3) is 0.391. The number of hydrogen-bond acceptors (Lipinski definition) is 3. The molecule has 2 aromatic heterocycles. The number of hydrogen-bond donors (Lipinski definition) is 2. The summed E-state index contributed by atoms with van der Waals surface area (Å²) >= 11 is 0. The van der Waals surface area contributed by atoms with Gasteiger partial charge in [-0.15, -0.1) is 0 Å². The molecule has 2 N–H and O–H groups in total. The standard InChI is InChI=1S/C23H24N4O/c1-24-22-14-27-23-20(22)12-17(13-26-23)16-4-5-18(15-6-9-28-10-7-15)19(11-16)21-3-2-8-25-21/h4-5,11-15,21,25H,2-3,6-10H2,(H,26,27). The van der Waals surface area contributed by atoms with E-state index in [2.05, 4.69) is 44.4 Å². The molecule has 0 bridgehead atoms. The van der Waals surface area contributed by atoms with Crippen LogP contribution >= 0.6 is 0 Å². The zero-order valence-corrected chi connectivity index (χ0v) is 15.9. The minimum absolute atomic E-state index is 0.431. The second kappa shape index (κ2) is 7.38. The first-order chi connectivity index (χ1) is 13.8. The van der Waals surface area contributed by atoms with Crippen LogP contribution in [0, 0.1) is 6.57 Å². The van der Waals surface area contributed by atoms with Crippen LogP contribution in [0.2, 0.25) is 0 Å². The van der Waals surface area contributed by atoms with E-state index >= 15 is 0 Å². The Morgan fingerprint density at radius 1 is 1.07 bits per heavy atom. The first kappa shape index (κ1) is 17.4. The van der Waals surface area contributed by atoms with Crippen LogP contribution in [0.5, 0.6) is 0 Å². The van der Waals surface area contributed by atoms with E-state index in [1.54, 1.807) is 6.20 Å². The Hall–Kier alpha value is -2.68. The van der Waals surface area contributed by atoms with Crippen LogP contribution in [0.3, 0.4) is 0 Å². The Kier molecular flexibility index (Phi) is 4.59. The number of benzene rings is 1. The van der Waals surface area contributed by atoms with E-state index in [1.165, 1.54) is 29.5 Å². The van der Waals surface area contributed by atoms with Gasteiger partial charge in [0.2, 0.25) is 5.69 Å². The van der Waals surface area contributed by atoms with Crippen molar-refractivity contribution in [1.82, 2.24) is 15.3 Å². The minimum atomic E-state index is 0.431. The van der Waals surface area contributed by atoms with Crippen molar-refractivity contribution >= 4 is 16.7 Å². The van der Waals surface area contributed by atoms with Crippen molar-refractivity contribution in [2.75, 3.05) is 19.8 Å². The van der Waals surface area contributed by atoms with Crippen LogP contribution in [-0.2, 0) is 4.74 Å². The molecule has 1 atom stereocenters. The normalized spacial score (nSPS) is 20.5. The van der Waals surface area contributed by atoms with E-state index in [-0.39, 0.29) is 0 Å². The van der Waals surface area contributed by atoms with E-state index in [0.717, 1.165) is 49.2 Å². The Morgan fingerprint density at radius 3 is 2.75 bits per heavy atom. The lowest BCUT2D eigenvalue weighted by atomic mass is 9.84. The highest BCUT2D eigenvalue weighted by Crippen LogP contribution is 2.38. The molecule has 0 saturated carbocycles. The lowest BCUT2D eigenvalue weighted by Crippen LogP contribution is -2.19. The highest BCUT2D eigenvalue weighted by molar-refractivity contribution is 5.93. The molecule has 142 valence electrons. The maximum Gasteiger partial charge on any atom is 0.213 e. The van der Waals surface area contributed by atoms with Gasteiger partial charge in [0.25, 0.3) is 0 Å². The van der Waals surface area contributed by atoms with Crippen LogP contribution in [0.1, 0.15) is 48.8 Å². The quantitative estimate of drug-likeness (QED) is 0.629. The number of nitrogens with zero attached hydrogens (tertiary/aromatic N) is 2. The summed E-state index contributed by atoms with van der Waals surface area (Å²) in [7, 11) is 0. The molecule has 2 saturated heterocycles. The number of aromatic nitrogens is 2. The van der Waals surface area contributed by atoms with Crippen molar-refractivity contribution in [2.24, 2.45) is 0 Å². The molecule has 0 radical (unpaired) electrons. The molecule has 0 aliphatic carbocycles. The van der Waals surface area contributed by atoms with Gasteiger partial charge in [0, 0.05) is 37.0 Å². The highest BCUT2D eigenvalue weighted by Gasteiger charge is 2.25. The number of pyridine rings is 1. The summed E-state index contributed by atoms with van der Waals surface area (Å²) in [6, 6.07) is 9.40. The van der Waals surface area contributed by atoms with Gasteiger partial charge in [-0.1, -0.05) is 18.2 Å². The van der Waals surface area contributed by atoms with Crippen molar-refractivity contribution in [2.45, 2.75) is 37.6 Å². The fourth-order valence-electron chi connectivity index (χ4n) is 4.63. The van der Waals surface area contributed by atoms with Gasteiger partial charge in [-0.3, -0.25) is 0 Å². The molecule has 5 heteroatoms. The van der Waals surface area contributed by atoms with Gasteiger partial charge in [-0.25, -0.2) is 9.83 Å². The molecule has 0 amide bonds. The van der Waals surface area contributed by atoms with Gasteiger partial charge in [-0.2, -0.15) is 0 Å². The topological polar surface area (TPSA) is 54.3 Å². The summed E-state index contributed by atoms with van der Waals surface area (Å²) in [5.41, 5.74) is 6.54. The lowest BCUT2D eigenvalue weighted by molar-refractivity contribution is 0.0851. The van der Waals surface area contributed by atoms with Gasteiger partial charge >= 0.3 is 0 Å². The fourth-order valence-corrected chi connectivity index (χ4v) is 4.63. The Bertz CT molecular complexity index is 1040. The van der Waals surface area contributed by atoms with Crippen LogP contribution in [0.25, 0.3) is 27.0 Å². The lowest BCUT2D eigenvalue weighted by Gasteiger charge is -2.27. The molecule has 1 aromatic carbocycles. The van der Waals surface area contributed by atoms with E-state index in [1.807, 2.05) is 6.20 Å². The van der Waals surface area contributed by atoms with Gasteiger partial charge in [0.05, 0.1) is 6.57 Å². The predicted molar refractivity (Wildman–Crippen MR) is 111 cm³/mol. The summed E-state index contributed by atoms with van der Waals surface area (Å²) in [5.74, 6) is 0.583. The van der Waals surface area contributed by atoms with E-state index in [0.29, 0.717) is 17.6 Å². The van der Waals surface area contributed by atoms with Crippen molar-refractivity contribution in [3.63, 3.8) is 0 Å². The molecule has 5 nitrogen and oxygen atoms in total. The number of ether oxygens (including phenoxy) is 1. The summed E-state index contributed by atoms with van der Waals surface area (Å²) in [6.07, 6.45) is 8.26. The summed E-state index contributed by atoms with van der Waals surface area (Å²) in [5, 5.41) is 4.57. The van der Waals surface area contributed by atoms with Gasteiger partial charge in [-0.05, 0) is 66.5 Å². The van der Waals surface area contributed by atoms with Crippen molar-refractivity contribution in [3.05, 3.63) is 59.2 Å². The summed E-state index contributed by atoms with van der Waals surface area (Å²) < 4.78 is 5.58. The molecule has 4 heterocycles. The third-order valence-electron chi connectivity index (χ3n) is 6.15. The Labute approximate surface area is 165 Å². The van der Waals surface area contributed by atoms with Gasteiger partial charge in [0.1, 0.15) is 5.65 Å². The SMILES string of the molecule is [C-]#[N+]c1c[nH]c2ncc(-c3ccc(C4CCOCC4)c(C4CCCN4)c3)cc12.